The Morgan fingerprint density at radius 3 is 2.73 bits per heavy atom. The van der Waals surface area contributed by atoms with Gasteiger partial charge in [-0.15, -0.1) is 0 Å². The zero-order chi connectivity index (χ0) is 18.1. The van der Waals surface area contributed by atoms with Gasteiger partial charge >= 0.3 is 0 Å². The van der Waals surface area contributed by atoms with Crippen LogP contribution in [0.1, 0.15) is 41.1 Å². The quantitative estimate of drug-likeness (QED) is 0.851. The number of amides is 2. The number of rotatable bonds is 3. The van der Waals surface area contributed by atoms with Crippen molar-refractivity contribution in [3.05, 3.63) is 53.7 Å². The first-order chi connectivity index (χ1) is 12.5. The van der Waals surface area contributed by atoms with Gasteiger partial charge in [0.15, 0.2) is 5.76 Å². The molecule has 0 unspecified atom stereocenters. The number of nitrogens with zero attached hydrogens (tertiary/aromatic N) is 3. The summed E-state index contributed by atoms with van der Waals surface area (Å²) in [6, 6.07) is 7.44. The maximum Gasteiger partial charge on any atom is 0.289 e. The molecule has 6 heteroatoms. The van der Waals surface area contributed by atoms with Crippen molar-refractivity contribution in [3.63, 3.8) is 0 Å². The third-order valence-corrected chi connectivity index (χ3v) is 5.56. The number of hydrogen-bond donors (Lipinski definition) is 0. The zero-order valence-corrected chi connectivity index (χ0v) is 15.0. The predicted octanol–water partition coefficient (Wildman–Crippen LogP) is 2.64. The van der Waals surface area contributed by atoms with Gasteiger partial charge in [-0.2, -0.15) is 0 Å². The van der Waals surface area contributed by atoms with Crippen LogP contribution in [0.3, 0.4) is 0 Å². The standard InChI is InChI=1S/C20H23N3O3/c1-15-4-5-17(26-15)19(25)22-9-6-20(7-10-22)11-18(24)23(14-20)13-16-3-2-8-21-12-16/h2-5,8,12H,6-7,9-11,13-14H2,1H3. The Morgan fingerprint density at radius 1 is 1.27 bits per heavy atom. The lowest BCUT2D eigenvalue weighted by Crippen LogP contribution is -2.44. The Labute approximate surface area is 152 Å². The molecule has 0 radical (unpaired) electrons. The Hall–Kier alpha value is -2.63. The Morgan fingerprint density at radius 2 is 2.08 bits per heavy atom. The van der Waals surface area contributed by atoms with Crippen LogP contribution in [0.25, 0.3) is 0 Å². The van der Waals surface area contributed by atoms with Crippen molar-refractivity contribution in [2.45, 2.75) is 32.7 Å². The first-order valence-corrected chi connectivity index (χ1v) is 9.07. The SMILES string of the molecule is Cc1ccc(C(=O)N2CCC3(CC2)CC(=O)N(Cc2cccnc2)C3)o1. The van der Waals surface area contributed by atoms with E-state index in [2.05, 4.69) is 4.98 Å². The Bertz CT molecular complexity index is 807. The van der Waals surface area contributed by atoms with Crippen LogP contribution in [0, 0.1) is 12.3 Å². The monoisotopic (exact) mass is 353 g/mol. The van der Waals surface area contributed by atoms with Gasteiger partial charge in [0.05, 0.1) is 0 Å². The summed E-state index contributed by atoms with van der Waals surface area (Å²) in [5.41, 5.74) is 1.05. The van der Waals surface area contributed by atoms with E-state index in [-0.39, 0.29) is 17.2 Å². The highest BCUT2D eigenvalue weighted by Crippen LogP contribution is 2.41. The van der Waals surface area contributed by atoms with Crippen LogP contribution in [-0.4, -0.2) is 46.2 Å². The molecular formula is C20H23N3O3. The highest BCUT2D eigenvalue weighted by atomic mass is 16.3. The maximum absolute atomic E-state index is 12.5. The van der Waals surface area contributed by atoms with Gasteiger partial charge in [-0.1, -0.05) is 6.07 Å². The van der Waals surface area contributed by atoms with E-state index in [0.717, 1.165) is 30.7 Å². The van der Waals surface area contributed by atoms with E-state index in [4.69, 9.17) is 4.42 Å². The van der Waals surface area contributed by atoms with E-state index >= 15 is 0 Å². The van der Waals surface area contributed by atoms with Crippen molar-refractivity contribution in [2.75, 3.05) is 19.6 Å². The zero-order valence-electron chi connectivity index (χ0n) is 15.0. The highest BCUT2D eigenvalue weighted by molar-refractivity contribution is 5.91. The molecule has 2 aliphatic heterocycles. The van der Waals surface area contributed by atoms with Gasteiger partial charge in [0.25, 0.3) is 5.91 Å². The van der Waals surface area contributed by atoms with Gasteiger partial charge in [0.1, 0.15) is 5.76 Å². The smallest absolute Gasteiger partial charge is 0.289 e. The summed E-state index contributed by atoms with van der Waals surface area (Å²) in [4.78, 5) is 32.9. The van der Waals surface area contributed by atoms with Gasteiger partial charge in [0, 0.05) is 50.4 Å². The minimum absolute atomic E-state index is 0.00481. The van der Waals surface area contributed by atoms with Gasteiger partial charge in [-0.25, -0.2) is 0 Å². The van der Waals surface area contributed by atoms with Crippen LogP contribution in [0.2, 0.25) is 0 Å². The summed E-state index contributed by atoms with van der Waals surface area (Å²) in [6.07, 6.45) is 5.84. The molecule has 0 saturated carbocycles. The number of carbonyl (C=O) groups is 2. The second-order valence-corrected chi connectivity index (χ2v) is 7.49. The molecule has 0 N–H and O–H groups in total. The fraction of sp³-hybridized carbons (Fsp3) is 0.450. The molecule has 0 aliphatic carbocycles. The molecule has 4 heterocycles. The fourth-order valence-corrected chi connectivity index (χ4v) is 4.06. The van der Waals surface area contributed by atoms with E-state index in [9.17, 15) is 9.59 Å². The van der Waals surface area contributed by atoms with Crippen LogP contribution >= 0.6 is 0 Å². The molecule has 0 bridgehead atoms. The van der Waals surface area contributed by atoms with Crippen molar-refractivity contribution >= 4 is 11.8 Å². The minimum Gasteiger partial charge on any atom is -0.456 e. The van der Waals surface area contributed by atoms with Crippen LogP contribution in [-0.2, 0) is 11.3 Å². The van der Waals surface area contributed by atoms with Crippen molar-refractivity contribution in [3.8, 4) is 0 Å². The Balaban J connectivity index is 1.38. The summed E-state index contributed by atoms with van der Waals surface area (Å²) in [5, 5.41) is 0. The third-order valence-electron chi connectivity index (χ3n) is 5.56. The van der Waals surface area contributed by atoms with Gasteiger partial charge in [0.2, 0.25) is 5.91 Å². The van der Waals surface area contributed by atoms with Crippen LogP contribution < -0.4 is 0 Å². The normalized spacial score (nSPS) is 19.3. The minimum atomic E-state index is -0.0514. The molecule has 6 nitrogen and oxygen atoms in total. The molecule has 2 aromatic heterocycles. The molecule has 2 amide bonds. The predicted molar refractivity (Wildman–Crippen MR) is 95.3 cm³/mol. The van der Waals surface area contributed by atoms with Gasteiger partial charge in [-0.3, -0.25) is 14.6 Å². The fourth-order valence-electron chi connectivity index (χ4n) is 4.06. The molecule has 0 atom stereocenters. The molecule has 0 aromatic carbocycles. The number of carbonyl (C=O) groups excluding carboxylic acids is 2. The molecule has 136 valence electrons. The summed E-state index contributed by atoms with van der Waals surface area (Å²) >= 11 is 0. The van der Waals surface area contributed by atoms with Crippen molar-refractivity contribution in [1.29, 1.82) is 0 Å². The van der Waals surface area contributed by atoms with E-state index in [1.54, 1.807) is 12.3 Å². The van der Waals surface area contributed by atoms with Crippen molar-refractivity contribution < 1.29 is 14.0 Å². The Kier molecular flexibility index (Phi) is 4.26. The summed E-state index contributed by atoms with van der Waals surface area (Å²) in [7, 11) is 0. The molecule has 4 rings (SSSR count). The second-order valence-electron chi connectivity index (χ2n) is 7.49. The van der Waals surface area contributed by atoms with E-state index in [1.807, 2.05) is 41.1 Å². The topological polar surface area (TPSA) is 66.7 Å². The molecule has 2 aliphatic rings. The largest absolute Gasteiger partial charge is 0.456 e. The molecule has 26 heavy (non-hydrogen) atoms. The number of likely N-dealkylation sites (tertiary alicyclic amines) is 2. The summed E-state index contributed by atoms with van der Waals surface area (Å²) < 4.78 is 5.46. The summed E-state index contributed by atoms with van der Waals surface area (Å²) in [5.74, 6) is 1.30. The van der Waals surface area contributed by atoms with Crippen molar-refractivity contribution in [1.82, 2.24) is 14.8 Å². The van der Waals surface area contributed by atoms with E-state index in [1.165, 1.54) is 0 Å². The number of aromatic nitrogens is 1. The molecule has 2 aromatic rings. The number of pyridine rings is 1. The number of aryl methyl sites for hydroxylation is 1. The van der Waals surface area contributed by atoms with E-state index in [0.29, 0.717) is 31.8 Å². The molecule has 1 spiro atoms. The lowest BCUT2D eigenvalue weighted by Gasteiger charge is -2.38. The van der Waals surface area contributed by atoms with Crippen molar-refractivity contribution in [2.24, 2.45) is 5.41 Å². The molecular weight excluding hydrogens is 330 g/mol. The first kappa shape index (κ1) is 16.8. The lowest BCUT2D eigenvalue weighted by molar-refractivity contribution is -0.128. The van der Waals surface area contributed by atoms with Gasteiger partial charge < -0.3 is 14.2 Å². The van der Waals surface area contributed by atoms with Gasteiger partial charge in [-0.05, 0) is 43.5 Å². The number of hydrogen-bond acceptors (Lipinski definition) is 4. The van der Waals surface area contributed by atoms with E-state index < -0.39 is 0 Å². The average molecular weight is 353 g/mol. The van der Waals surface area contributed by atoms with Crippen LogP contribution in [0.15, 0.2) is 41.1 Å². The van der Waals surface area contributed by atoms with Crippen LogP contribution in [0.5, 0.6) is 0 Å². The second kappa shape index (κ2) is 6.59. The molecule has 2 fully saturated rings. The highest BCUT2D eigenvalue weighted by Gasteiger charge is 2.45. The number of piperidine rings is 1. The maximum atomic E-state index is 12.5. The van der Waals surface area contributed by atoms with Crippen LogP contribution in [0.4, 0.5) is 0 Å². The number of furan rings is 1. The lowest BCUT2D eigenvalue weighted by atomic mass is 9.77. The first-order valence-electron chi connectivity index (χ1n) is 9.07. The average Bonchev–Trinajstić information content (AvgIpc) is 3.20. The molecule has 2 saturated heterocycles. The summed E-state index contributed by atoms with van der Waals surface area (Å²) in [6.45, 7) is 4.56. The third kappa shape index (κ3) is 3.23.